The normalized spacial score (nSPS) is 13.6. The van der Waals surface area contributed by atoms with Crippen LogP contribution >= 0.6 is 11.8 Å². The lowest BCUT2D eigenvalue weighted by Gasteiger charge is -2.19. The zero-order valence-electron chi connectivity index (χ0n) is 9.66. The Balaban J connectivity index is 2.41. The maximum absolute atomic E-state index is 12.9. The fourth-order valence-electron chi connectivity index (χ4n) is 1.24. The van der Waals surface area contributed by atoms with Gasteiger partial charge in [0.05, 0.1) is 0 Å². The van der Waals surface area contributed by atoms with Crippen LogP contribution in [0.2, 0.25) is 0 Å². The molecule has 0 aromatic heterocycles. The van der Waals surface area contributed by atoms with E-state index in [0.717, 1.165) is 0 Å². The summed E-state index contributed by atoms with van der Waals surface area (Å²) in [6, 6.07) is 7.99. The van der Waals surface area contributed by atoms with Crippen molar-refractivity contribution in [2.45, 2.75) is 24.9 Å². The Morgan fingerprint density at radius 3 is 2.26 bits per heavy atom. The van der Waals surface area contributed by atoms with Crippen molar-refractivity contribution >= 4 is 16.9 Å². The number of carbonyl (C=O) groups is 1. The van der Waals surface area contributed by atoms with Crippen molar-refractivity contribution in [2.24, 2.45) is 0 Å². The van der Waals surface area contributed by atoms with Crippen molar-refractivity contribution in [3.8, 4) is 0 Å². The van der Waals surface area contributed by atoms with Gasteiger partial charge in [0, 0.05) is 11.3 Å². The van der Waals surface area contributed by atoms with Crippen LogP contribution in [0.3, 0.4) is 0 Å². The van der Waals surface area contributed by atoms with Crippen molar-refractivity contribution < 1.29 is 26.7 Å². The summed E-state index contributed by atoms with van der Waals surface area (Å²) in [6.45, 7) is 0. The number of rotatable bonds is 6. The minimum absolute atomic E-state index is 0.281. The molecule has 0 saturated carbocycles. The van der Waals surface area contributed by atoms with E-state index in [0.29, 0.717) is 17.3 Å². The van der Waals surface area contributed by atoms with Gasteiger partial charge in [-0.25, -0.2) is 13.2 Å². The van der Waals surface area contributed by atoms with Crippen LogP contribution in [0.15, 0.2) is 30.3 Å². The molecule has 19 heavy (non-hydrogen) atoms. The van der Waals surface area contributed by atoms with Gasteiger partial charge in [-0.05, 0) is 6.42 Å². The van der Waals surface area contributed by atoms with Gasteiger partial charge < -0.3 is 0 Å². The Hall–Kier alpha value is -1.11. The lowest BCUT2D eigenvalue weighted by molar-refractivity contribution is -0.170. The molecule has 1 aromatic carbocycles. The van der Waals surface area contributed by atoms with Gasteiger partial charge in [-0.3, -0.25) is 4.79 Å². The summed E-state index contributed by atoms with van der Waals surface area (Å²) in [7, 11) is 0. The molecule has 1 atom stereocenters. The van der Waals surface area contributed by atoms with Crippen LogP contribution < -0.4 is 0 Å². The summed E-state index contributed by atoms with van der Waals surface area (Å²) in [6.07, 6.45) is -7.80. The van der Waals surface area contributed by atoms with E-state index in [9.17, 15) is 26.7 Å². The second-order valence-corrected chi connectivity index (χ2v) is 4.80. The number of carbonyl (C=O) groups excluding carboxylic acids is 1. The van der Waals surface area contributed by atoms with Gasteiger partial charge in [-0.15, -0.1) is 0 Å². The molecular weight excluding hydrogens is 287 g/mol. The van der Waals surface area contributed by atoms with Crippen molar-refractivity contribution in [3.63, 3.8) is 0 Å². The van der Waals surface area contributed by atoms with Crippen LogP contribution in [0.4, 0.5) is 22.0 Å². The largest absolute Gasteiger partial charge is 0.337 e. The lowest BCUT2D eigenvalue weighted by atomic mass is 10.2. The van der Waals surface area contributed by atoms with Gasteiger partial charge >= 0.3 is 12.3 Å². The van der Waals surface area contributed by atoms with E-state index in [1.54, 1.807) is 18.2 Å². The molecule has 0 aliphatic heterocycles. The molecule has 0 amide bonds. The zero-order valence-corrected chi connectivity index (χ0v) is 10.5. The van der Waals surface area contributed by atoms with Crippen LogP contribution in [0.25, 0.3) is 0 Å². The topological polar surface area (TPSA) is 17.1 Å². The highest BCUT2D eigenvalue weighted by Gasteiger charge is 2.49. The Kier molecular flexibility index (Phi) is 5.78. The maximum atomic E-state index is 12.9. The van der Waals surface area contributed by atoms with Gasteiger partial charge in [0.1, 0.15) is 0 Å². The number of thioether (sulfide) groups is 1. The molecular formula is C12H11F5OS. The maximum Gasteiger partial charge on any atom is 0.337 e. The molecule has 0 aliphatic rings. The average Bonchev–Trinajstić information content (AvgIpc) is 2.39. The minimum Gasteiger partial charge on any atom is -0.282 e. The second-order valence-electron chi connectivity index (χ2n) is 3.73. The van der Waals surface area contributed by atoms with Gasteiger partial charge in [0.15, 0.2) is 6.17 Å². The highest BCUT2D eigenvalue weighted by molar-refractivity contribution is 8.14. The third-order valence-electron chi connectivity index (χ3n) is 2.32. The second kappa shape index (κ2) is 6.88. The summed E-state index contributed by atoms with van der Waals surface area (Å²) < 4.78 is 61.8. The standard InChI is InChI=1S/C12H11F5OS/c13-9(12(16,17)11(14)15)6-7-19-10(18)8-4-2-1-3-5-8/h1-5,9,11H,6-7H2. The summed E-state index contributed by atoms with van der Waals surface area (Å²) in [4.78, 5) is 11.5. The Bertz CT molecular complexity index is 410. The van der Waals surface area contributed by atoms with Gasteiger partial charge in [0.25, 0.3) is 0 Å². The van der Waals surface area contributed by atoms with E-state index in [2.05, 4.69) is 0 Å². The SMILES string of the molecule is O=C(SCCC(F)C(F)(F)C(F)F)c1ccccc1. The summed E-state index contributed by atoms with van der Waals surface area (Å²) >= 11 is 0.629. The molecule has 0 aliphatic carbocycles. The molecule has 1 aromatic rings. The van der Waals surface area contributed by atoms with Gasteiger partial charge in [-0.1, -0.05) is 42.1 Å². The summed E-state index contributed by atoms with van der Waals surface area (Å²) in [5.41, 5.74) is 0.350. The molecule has 0 radical (unpaired) electrons. The van der Waals surface area contributed by atoms with Gasteiger partial charge in [0.2, 0.25) is 5.12 Å². The van der Waals surface area contributed by atoms with Gasteiger partial charge in [-0.2, -0.15) is 8.78 Å². The van der Waals surface area contributed by atoms with Crippen LogP contribution in [0, 0.1) is 0 Å². The fourth-order valence-corrected chi connectivity index (χ4v) is 2.05. The lowest BCUT2D eigenvalue weighted by Crippen LogP contribution is -2.38. The van der Waals surface area contributed by atoms with E-state index in [-0.39, 0.29) is 5.75 Å². The zero-order chi connectivity index (χ0) is 14.5. The first-order valence-corrected chi connectivity index (χ1v) is 6.36. The molecule has 1 rings (SSSR count). The van der Waals surface area contributed by atoms with Crippen molar-refractivity contribution in [2.75, 3.05) is 5.75 Å². The van der Waals surface area contributed by atoms with Crippen molar-refractivity contribution in [1.29, 1.82) is 0 Å². The van der Waals surface area contributed by atoms with E-state index in [1.165, 1.54) is 12.1 Å². The quantitative estimate of drug-likeness (QED) is 0.733. The average molecular weight is 298 g/mol. The molecule has 0 spiro atoms. The molecule has 1 unspecified atom stereocenters. The van der Waals surface area contributed by atoms with Crippen molar-refractivity contribution in [1.82, 2.24) is 0 Å². The predicted octanol–water partition coefficient (Wildman–Crippen LogP) is 4.19. The first-order chi connectivity index (χ1) is 8.85. The highest BCUT2D eigenvalue weighted by atomic mass is 32.2. The number of benzene rings is 1. The molecule has 7 heteroatoms. The predicted molar refractivity (Wildman–Crippen MR) is 63.7 cm³/mol. The van der Waals surface area contributed by atoms with E-state index < -0.39 is 30.1 Å². The molecule has 0 saturated heterocycles. The van der Waals surface area contributed by atoms with E-state index in [4.69, 9.17) is 0 Å². The molecule has 0 fully saturated rings. The summed E-state index contributed by atoms with van der Waals surface area (Å²) in [5, 5.41) is -0.409. The number of halogens is 5. The highest BCUT2D eigenvalue weighted by Crippen LogP contribution is 2.31. The summed E-state index contributed by atoms with van der Waals surface area (Å²) in [5.74, 6) is -4.95. The van der Waals surface area contributed by atoms with Crippen LogP contribution in [-0.4, -0.2) is 29.4 Å². The van der Waals surface area contributed by atoms with Crippen LogP contribution in [0.5, 0.6) is 0 Å². The Labute approximate surface area is 111 Å². The fraction of sp³-hybridized carbons (Fsp3) is 0.417. The van der Waals surface area contributed by atoms with E-state index >= 15 is 0 Å². The molecule has 0 heterocycles. The third kappa shape index (κ3) is 4.49. The van der Waals surface area contributed by atoms with Crippen molar-refractivity contribution in [3.05, 3.63) is 35.9 Å². The third-order valence-corrected chi connectivity index (χ3v) is 3.26. The van der Waals surface area contributed by atoms with Crippen LogP contribution in [0.1, 0.15) is 16.8 Å². The molecule has 0 bridgehead atoms. The number of alkyl halides is 5. The first-order valence-electron chi connectivity index (χ1n) is 5.38. The first kappa shape index (κ1) is 15.9. The molecule has 1 nitrogen and oxygen atoms in total. The molecule has 0 N–H and O–H groups in total. The van der Waals surface area contributed by atoms with E-state index in [1.807, 2.05) is 0 Å². The Morgan fingerprint density at radius 1 is 1.16 bits per heavy atom. The van der Waals surface area contributed by atoms with Crippen LogP contribution in [-0.2, 0) is 0 Å². The smallest absolute Gasteiger partial charge is 0.282 e. The molecule has 106 valence electrons. The number of hydrogen-bond acceptors (Lipinski definition) is 2. The minimum atomic E-state index is -4.67. The number of hydrogen-bond donors (Lipinski definition) is 0. The monoisotopic (exact) mass is 298 g/mol. The Morgan fingerprint density at radius 2 is 1.74 bits per heavy atom.